The Balaban J connectivity index is 2.18. The van der Waals surface area contributed by atoms with Gasteiger partial charge in [-0.2, -0.15) is 0 Å². The maximum Gasteiger partial charge on any atom is 0.264 e. The number of thiophene rings is 1. The molecule has 0 aromatic carbocycles. The van der Waals surface area contributed by atoms with Crippen molar-refractivity contribution in [3.05, 3.63) is 21.4 Å². The van der Waals surface area contributed by atoms with Gasteiger partial charge in [-0.05, 0) is 44.2 Å². The molecule has 1 atom stereocenters. The van der Waals surface area contributed by atoms with Gasteiger partial charge in [0.15, 0.2) is 0 Å². The highest BCUT2D eigenvalue weighted by atomic mass is 32.1. The van der Waals surface area contributed by atoms with Gasteiger partial charge in [0.05, 0.1) is 16.3 Å². The van der Waals surface area contributed by atoms with Crippen LogP contribution in [0.3, 0.4) is 0 Å². The second-order valence-electron chi connectivity index (χ2n) is 5.57. The molecule has 4 heteroatoms. The first-order chi connectivity index (χ1) is 10.2. The first kappa shape index (κ1) is 16.1. The molecule has 1 aromatic heterocycles. The van der Waals surface area contributed by atoms with Gasteiger partial charge in [-0.25, -0.2) is 0 Å². The van der Waals surface area contributed by atoms with Crippen molar-refractivity contribution in [2.45, 2.75) is 52.0 Å². The fraction of sp³-hybridized carbons (Fsp3) is 0.588. The van der Waals surface area contributed by atoms with E-state index >= 15 is 0 Å². The summed E-state index contributed by atoms with van der Waals surface area (Å²) in [6.07, 6.45) is 5.74. The molecule has 2 rings (SSSR count). The monoisotopic (exact) mass is 304 g/mol. The molecule has 0 spiro atoms. The molecule has 2 heterocycles. The Morgan fingerprint density at radius 2 is 2.33 bits per heavy atom. The summed E-state index contributed by atoms with van der Waals surface area (Å²) < 4.78 is 0. The van der Waals surface area contributed by atoms with E-state index < -0.39 is 0 Å². The molecule has 1 fully saturated rings. The molecule has 0 radical (unpaired) electrons. The molecule has 0 aliphatic carbocycles. The third-order valence-electron chi connectivity index (χ3n) is 3.94. The van der Waals surface area contributed by atoms with Gasteiger partial charge in [-0.1, -0.05) is 25.2 Å². The van der Waals surface area contributed by atoms with Crippen LogP contribution in [-0.2, 0) is 0 Å². The summed E-state index contributed by atoms with van der Waals surface area (Å²) in [6, 6.07) is 2.39. The molecule has 1 saturated heterocycles. The SMILES string of the molecule is CCCC1CCCCN1C(=O)c1cc(C)c(C#CCN)s1. The average Bonchev–Trinajstić information content (AvgIpc) is 2.86. The van der Waals surface area contributed by atoms with E-state index in [1.54, 1.807) is 0 Å². The number of nitrogens with zero attached hydrogens (tertiary/aromatic N) is 1. The molecule has 2 N–H and O–H groups in total. The number of carbonyl (C=O) groups is 1. The fourth-order valence-electron chi connectivity index (χ4n) is 2.89. The van der Waals surface area contributed by atoms with Gasteiger partial charge >= 0.3 is 0 Å². The lowest BCUT2D eigenvalue weighted by Gasteiger charge is -2.35. The number of rotatable bonds is 3. The molecule has 21 heavy (non-hydrogen) atoms. The lowest BCUT2D eigenvalue weighted by molar-refractivity contribution is 0.0605. The minimum absolute atomic E-state index is 0.182. The van der Waals surface area contributed by atoms with Gasteiger partial charge in [0, 0.05) is 12.6 Å². The number of piperidine rings is 1. The largest absolute Gasteiger partial charge is 0.335 e. The molecule has 1 aliphatic rings. The van der Waals surface area contributed by atoms with Crippen molar-refractivity contribution in [3.63, 3.8) is 0 Å². The normalized spacial score (nSPS) is 18.2. The quantitative estimate of drug-likeness (QED) is 0.872. The van der Waals surface area contributed by atoms with Crippen LogP contribution >= 0.6 is 11.3 Å². The van der Waals surface area contributed by atoms with E-state index in [0.29, 0.717) is 12.6 Å². The van der Waals surface area contributed by atoms with Crippen LogP contribution in [0.2, 0.25) is 0 Å². The van der Waals surface area contributed by atoms with Crippen molar-refractivity contribution in [1.29, 1.82) is 0 Å². The minimum Gasteiger partial charge on any atom is -0.335 e. The summed E-state index contributed by atoms with van der Waals surface area (Å²) in [5, 5.41) is 0. The van der Waals surface area contributed by atoms with Crippen molar-refractivity contribution in [2.24, 2.45) is 5.73 Å². The number of likely N-dealkylation sites (tertiary alicyclic amines) is 1. The molecule has 3 nitrogen and oxygen atoms in total. The number of hydrogen-bond donors (Lipinski definition) is 1. The van der Waals surface area contributed by atoms with Crippen molar-refractivity contribution in [3.8, 4) is 11.8 Å². The van der Waals surface area contributed by atoms with Gasteiger partial charge in [0.25, 0.3) is 5.91 Å². The molecule has 1 unspecified atom stereocenters. The van der Waals surface area contributed by atoms with Crippen molar-refractivity contribution >= 4 is 17.2 Å². The van der Waals surface area contributed by atoms with Crippen molar-refractivity contribution < 1.29 is 4.79 Å². The number of amides is 1. The lowest BCUT2D eigenvalue weighted by Crippen LogP contribution is -2.43. The maximum absolute atomic E-state index is 12.8. The minimum atomic E-state index is 0.182. The van der Waals surface area contributed by atoms with Crippen LogP contribution in [0, 0.1) is 18.8 Å². The molecule has 114 valence electrons. The molecule has 1 aromatic rings. The Morgan fingerprint density at radius 1 is 1.52 bits per heavy atom. The van der Waals surface area contributed by atoms with Crippen LogP contribution < -0.4 is 5.73 Å². The van der Waals surface area contributed by atoms with E-state index in [-0.39, 0.29) is 5.91 Å². The Labute approximate surface area is 131 Å². The third-order valence-corrected chi connectivity index (χ3v) is 5.08. The van der Waals surface area contributed by atoms with E-state index in [2.05, 4.69) is 23.7 Å². The highest BCUT2D eigenvalue weighted by Gasteiger charge is 2.27. The highest BCUT2D eigenvalue weighted by molar-refractivity contribution is 7.14. The van der Waals surface area contributed by atoms with E-state index in [0.717, 1.165) is 47.5 Å². The van der Waals surface area contributed by atoms with Crippen LogP contribution in [-0.4, -0.2) is 29.9 Å². The number of carbonyl (C=O) groups excluding carboxylic acids is 1. The lowest BCUT2D eigenvalue weighted by atomic mass is 9.98. The van der Waals surface area contributed by atoms with E-state index in [1.807, 2.05) is 13.0 Å². The van der Waals surface area contributed by atoms with Crippen LogP contribution in [0.4, 0.5) is 0 Å². The second-order valence-corrected chi connectivity index (χ2v) is 6.62. The van der Waals surface area contributed by atoms with Crippen LogP contribution in [0.5, 0.6) is 0 Å². The van der Waals surface area contributed by atoms with Crippen LogP contribution in [0.1, 0.15) is 59.1 Å². The molecule has 0 saturated carbocycles. The standard InChI is InChI=1S/C17H24N2OS/c1-3-7-14-8-4-5-11-19(14)17(20)16-12-13(2)15(21-16)9-6-10-18/h12,14H,3-5,7-8,10-11,18H2,1-2H3. The van der Waals surface area contributed by atoms with E-state index in [9.17, 15) is 4.79 Å². The number of hydrogen-bond acceptors (Lipinski definition) is 3. The van der Waals surface area contributed by atoms with Gasteiger partial charge in [-0.15, -0.1) is 11.3 Å². The summed E-state index contributed by atoms with van der Waals surface area (Å²) in [5.41, 5.74) is 6.49. The van der Waals surface area contributed by atoms with Gasteiger partial charge in [0.1, 0.15) is 0 Å². The zero-order valence-corrected chi connectivity index (χ0v) is 13.8. The number of nitrogens with two attached hydrogens (primary N) is 1. The molecule has 1 amide bonds. The zero-order chi connectivity index (χ0) is 15.2. The summed E-state index contributed by atoms with van der Waals surface area (Å²) in [6.45, 7) is 5.44. The maximum atomic E-state index is 12.8. The molecular weight excluding hydrogens is 280 g/mol. The van der Waals surface area contributed by atoms with Crippen molar-refractivity contribution in [1.82, 2.24) is 4.90 Å². The topological polar surface area (TPSA) is 46.3 Å². The number of aryl methyl sites for hydroxylation is 1. The predicted molar refractivity (Wildman–Crippen MR) is 88.6 cm³/mol. The van der Waals surface area contributed by atoms with E-state index in [4.69, 9.17) is 5.73 Å². The highest BCUT2D eigenvalue weighted by Crippen LogP contribution is 2.27. The zero-order valence-electron chi connectivity index (χ0n) is 12.9. The second kappa shape index (κ2) is 7.63. The molecule has 0 bridgehead atoms. The molecule has 1 aliphatic heterocycles. The summed E-state index contributed by atoms with van der Waals surface area (Å²) in [7, 11) is 0. The van der Waals surface area contributed by atoms with Gasteiger partial charge < -0.3 is 10.6 Å². The Bertz CT molecular complexity index is 551. The van der Waals surface area contributed by atoms with E-state index in [1.165, 1.54) is 17.8 Å². The predicted octanol–water partition coefficient (Wildman–Crippen LogP) is 3.16. The first-order valence-corrected chi connectivity index (χ1v) is 8.59. The summed E-state index contributed by atoms with van der Waals surface area (Å²) >= 11 is 1.50. The Kier molecular flexibility index (Phi) is 5.84. The summed E-state index contributed by atoms with van der Waals surface area (Å²) in [5.74, 6) is 6.11. The van der Waals surface area contributed by atoms with Gasteiger partial charge in [-0.3, -0.25) is 4.79 Å². The summed E-state index contributed by atoms with van der Waals surface area (Å²) in [4.78, 5) is 16.7. The Hall–Kier alpha value is -1.31. The smallest absolute Gasteiger partial charge is 0.264 e. The van der Waals surface area contributed by atoms with Crippen LogP contribution in [0.15, 0.2) is 6.07 Å². The van der Waals surface area contributed by atoms with Crippen molar-refractivity contribution in [2.75, 3.05) is 13.1 Å². The first-order valence-electron chi connectivity index (χ1n) is 7.77. The van der Waals surface area contributed by atoms with Gasteiger partial charge in [0.2, 0.25) is 0 Å². The van der Waals surface area contributed by atoms with Crippen LogP contribution in [0.25, 0.3) is 0 Å². The average molecular weight is 304 g/mol. The fourth-order valence-corrected chi connectivity index (χ4v) is 3.89. The molecular formula is C17H24N2OS. The third kappa shape index (κ3) is 3.87. The Morgan fingerprint density at radius 3 is 3.05 bits per heavy atom.